The van der Waals surface area contributed by atoms with Crippen LogP contribution < -0.4 is 0 Å². The molecule has 6 nitrogen and oxygen atoms in total. The number of ketones is 1. The fourth-order valence-corrected chi connectivity index (χ4v) is 3.24. The van der Waals surface area contributed by atoms with Crippen LogP contribution in [0.1, 0.15) is 35.8 Å². The van der Waals surface area contributed by atoms with E-state index in [1.165, 1.54) is 6.07 Å². The Morgan fingerprint density at radius 1 is 1.17 bits per heavy atom. The van der Waals surface area contributed by atoms with Gasteiger partial charge in [-0.2, -0.15) is 5.26 Å². The topological polar surface area (TPSA) is 100 Å². The number of benzene rings is 2. The summed E-state index contributed by atoms with van der Waals surface area (Å²) < 4.78 is 4.82. The van der Waals surface area contributed by atoms with Gasteiger partial charge in [-0.15, -0.1) is 0 Å². The predicted molar refractivity (Wildman–Crippen MR) is 109 cm³/mol. The van der Waals surface area contributed by atoms with Crippen molar-refractivity contribution in [3.8, 4) is 23.1 Å². The maximum absolute atomic E-state index is 12.6. The summed E-state index contributed by atoms with van der Waals surface area (Å²) in [5, 5.41) is 21.9. The van der Waals surface area contributed by atoms with Crippen LogP contribution in [0.2, 0.25) is 5.02 Å². The van der Waals surface area contributed by atoms with Gasteiger partial charge in [-0.05, 0) is 24.4 Å². The van der Waals surface area contributed by atoms with Gasteiger partial charge in [-0.1, -0.05) is 41.9 Å². The van der Waals surface area contributed by atoms with Crippen molar-refractivity contribution in [3.63, 3.8) is 0 Å². The molecule has 2 aromatic carbocycles. The predicted octanol–water partition coefficient (Wildman–Crippen LogP) is 4.66. The third-order valence-electron chi connectivity index (χ3n) is 4.39. The zero-order chi connectivity index (χ0) is 21.0. The number of rotatable bonds is 6. The first-order chi connectivity index (χ1) is 14.0. The Kier molecular flexibility index (Phi) is 6.10. The molecule has 0 atom stereocenters. The maximum atomic E-state index is 12.6. The van der Waals surface area contributed by atoms with Crippen LogP contribution in [-0.4, -0.2) is 28.4 Å². The van der Waals surface area contributed by atoms with Gasteiger partial charge < -0.3 is 9.84 Å². The fraction of sp³-hybridized carbons (Fsp3) is 0.182. The summed E-state index contributed by atoms with van der Waals surface area (Å²) in [5.74, 6) is -1.56. The second-order valence-electron chi connectivity index (χ2n) is 6.23. The highest BCUT2D eigenvalue weighted by molar-refractivity contribution is 6.36. The van der Waals surface area contributed by atoms with E-state index < -0.39 is 17.5 Å². The van der Waals surface area contributed by atoms with Crippen LogP contribution in [0.25, 0.3) is 22.0 Å². The molecule has 0 fully saturated rings. The second kappa shape index (κ2) is 8.72. The Balaban J connectivity index is 2.08. The molecule has 0 amide bonds. The number of ether oxygens (including phenoxy) is 1. The van der Waals surface area contributed by atoms with Crippen molar-refractivity contribution in [3.05, 3.63) is 58.7 Å². The van der Waals surface area contributed by atoms with Crippen molar-refractivity contribution in [1.29, 1.82) is 5.26 Å². The Bertz CT molecular complexity index is 1150. The van der Waals surface area contributed by atoms with E-state index in [1.807, 2.05) is 30.3 Å². The smallest absolute Gasteiger partial charge is 0.306 e. The zero-order valence-corrected chi connectivity index (χ0v) is 16.4. The Hall–Kier alpha value is -3.43. The highest BCUT2D eigenvalue weighted by Gasteiger charge is 2.21. The van der Waals surface area contributed by atoms with Crippen molar-refractivity contribution in [2.24, 2.45) is 0 Å². The second-order valence-corrected chi connectivity index (χ2v) is 6.64. The van der Waals surface area contributed by atoms with E-state index in [0.29, 0.717) is 16.3 Å². The van der Waals surface area contributed by atoms with Crippen molar-refractivity contribution in [2.45, 2.75) is 19.8 Å². The number of pyridine rings is 1. The number of fused-ring (bicyclic) bond motifs is 1. The molecule has 0 unspecified atom stereocenters. The number of esters is 1. The number of carbonyl (C=O) groups is 2. The molecule has 0 radical (unpaired) electrons. The van der Waals surface area contributed by atoms with E-state index in [0.717, 1.165) is 10.8 Å². The summed E-state index contributed by atoms with van der Waals surface area (Å²) in [6, 6.07) is 14.2. The van der Waals surface area contributed by atoms with E-state index in [2.05, 4.69) is 4.98 Å². The van der Waals surface area contributed by atoms with E-state index >= 15 is 0 Å². The first-order valence-corrected chi connectivity index (χ1v) is 9.34. The number of carbonyl (C=O) groups excluding carboxylic acids is 2. The molecule has 7 heteroatoms. The van der Waals surface area contributed by atoms with Crippen LogP contribution in [0.4, 0.5) is 0 Å². The van der Waals surface area contributed by atoms with Crippen molar-refractivity contribution < 1.29 is 19.4 Å². The lowest BCUT2D eigenvalue weighted by atomic mass is 9.99. The van der Waals surface area contributed by atoms with Gasteiger partial charge >= 0.3 is 5.97 Å². The lowest BCUT2D eigenvalue weighted by Crippen LogP contribution is -2.10. The number of halogens is 1. The number of hydrogen-bond acceptors (Lipinski definition) is 6. The molecular weight excluding hydrogens is 392 g/mol. The molecule has 3 aromatic rings. The Morgan fingerprint density at radius 2 is 1.90 bits per heavy atom. The van der Waals surface area contributed by atoms with Crippen LogP contribution in [0.15, 0.2) is 42.5 Å². The molecule has 0 aliphatic rings. The van der Waals surface area contributed by atoms with Crippen LogP contribution in [0.5, 0.6) is 5.75 Å². The van der Waals surface area contributed by atoms with Gasteiger partial charge in [0.1, 0.15) is 11.8 Å². The molecular formula is C22H17ClN2O4. The van der Waals surface area contributed by atoms with E-state index in [1.54, 1.807) is 19.1 Å². The molecule has 0 aliphatic carbocycles. The molecule has 1 heterocycles. The van der Waals surface area contributed by atoms with E-state index in [9.17, 15) is 20.0 Å². The maximum Gasteiger partial charge on any atom is 0.306 e. The molecule has 0 bridgehead atoms. The molecule has 0 saturated heterocycles. The van der Waals surface area contributed by atoms with Gasteiger partial charge in [0.05, 0.1) is 24.3 Å². The van der Waals surface area contributed by atoms with Crippen molar-refractivity contribution in [1.82, 2.24) is 4.98 Å². The van der Waals surface area contributed by atoms with Crippen LogP contribution in [0, 0.1) is 11.3 Å². The lowest BCUT2D eigenvalue weighted by Gasteiger charge is -2.11. The number of nitriles is 1. The summed E-state index contributed by atoms with van der Waals surface area (Å²) in [7, 11) is 0. The summed E-state index contributed by atoms with van der Waals surface area (Å²) in [5.41, 5.74) is 0.698. The quantitative estimate of drug-likeness (QED) is 0.470. The Morgan fingerprint density at radius 3 is 2.59 bits per heavy atom. The molecule has 3 rings (SSSR count). The van der Waals surface area contributed by atoms with Gasteiger partial charge in [-0.25, -0.2) is 4.98 Å². The molecule has 1 N–H and O–H groups in total. The van der Waals surface area contributed by atoms with Crippen molar-refractivity contribution >= 4 is 34.1 Å². The third kappa shape index (κ3) is 4.20. The highest BCUT2D eigenvalue weighted by atomic mass is 35.5. The van der Waals surface area contributed by atoms with Crippen molar-refractivity contribution in [2.75, 3.05) is 6.61 Å². The standard InChI is InChI=1S/C22H17ClN2O4/c1-2-29-20(27)10-9-19(26)21-22(28)13(12-24)11-18(25-21)16-7-8-17(23)15-6-4-3-5-14(15)16/h3-8,11,28H,2,9-10H2,1H3. The summed E-state index contributed by atoms with van der Waals surface area (Å²) in [6.45, 7) is 1.89. The van der Waals surface area contributed by atoms with Gasteiger partial charge in [0, 0.05) is 22.4 Å². The number of Topliss-reactive ketones (excluding diaryl/α,β-unsaturated/α-hetero) is 1. The molecule has 1 aromatic heterocycles. The first kappa shape index (κ1) is 20.3. The first-order valence-electron chi connectivity index (χ1n) is 8.96. The summed E-state index contributed by atoms with van der Waals surface area (Å²) >= 11 is 6.27. The van der Waals surface area contributed by atoms with Gasteiger partial charge in [0.2, 0.25) is 0 Å². The molecule has 0 saturated carbocycles. The van der Waals surface area contributed by atoms with Gasteiger partial charge in [0.25, 0.3) is 0 Å². The third-order valence-corrected chi connectivity index (χ3v) is 4.72. The number of aromatic hydroxyl groups is 1. The highest BCUT2D eigenvalue weighted by Crippen LogP contribution is 2.34. The molecule has 29 heavy (non-hydrogen) atoms. The van der Waals surface area contributed by atoms with Crippen LogP contribution >= 0.6 is 11.6 Å². The number of nitrogens with zero attached hydrogens (tertiary/aromatic N) is 2. The largest absolute Gasteiger partial charge is 0.504 e. The Labute approximate surface area is 172 Å². The van der Waals surface area contributed by atoms with E-state index in [4.69, 9.17) is 16.3 Å². The average Bonchev–Trinajstić information content (AvgIpc) is 2.73. The minimum atomic E-state index is -0.549. The average molecular weight is 409 g/mol. The zero-order valence-electron chi connectivity index (χ0n) is 15.6. The summed E-state index contributed by atoms with van der Waals surface area (Å²) in [4.78, 5) is 28.4. The van der Waals surface area contributed by atoms with Gasteiger partial charge in [-0.3, -0.25) is 9.59 Å². The molecule has 0 aliphatic heterocycles. The number of hydrogen-bond donors (Lipinski definition) is 1. The lowest BCUT2D eigenvalue weighted by molar-refractivity contribution is -0.143. The van der Waals surface area contributed by atoms with Gasteiger partial charge in [0.15, 0.2) is 11.5 Å². The summed E-state index contributed by atoms with van der Waals surface area (Å²) in [6.07, 6.45) is -0.321. The number of aromatic nitrogens is 1. The molecule has 0 spiro atoms. The monoisotopic (exact) mass is 408 g/mol. The van der Waals surface area contributed by atoms with Crippen LogP contribution in [-0.2, 0) is 9.53 Å². The normalized spacial score (nSPS) is 10.5. The van der Waals surface area contributed by atoms with Crippen LogP contribution in [0.3, 0.4) is 0 Å². The minimum Gasteiger partial charge on any atom is -0.504 e. The fourth-order valence-electron chi connectivity index (χ4n) is 3.01. The minimum absolute atomic E-state index is 0.0754. The van der Waals surface area contributed by atoms with E-state index in [-0.39, 0.29) is 30.7 Å². The molecule has 146 valence electrons. The SMILES string of the molecule is CCOC(=O)CCC(=O)c1nc(-c2ccc(Cl)c3ccccc23)cc(C#N)c1O.